The van der Waals surface area contributed by atoms with Crippen molar-refractivity contribution < 1.29 is 23.4 Å². The van der Waals surface area contributed by atoms with Crippen molar-refractivity contribution in [2.24, 2.45) is 0 Å². The third kappa shape index (κ3) is 5.04. The molecule has 1 aromatic carbocycles. The number of aromatic nitrogens is 5. The number of rotatable bonds is 6. The second-order valence-corrected chi connectivity index (χ2v) is 7.01. The zero-order valence-electron chi connectivity index (χ0n) is 15.6. The Balaban J connectivity index is 2.04. The van der Waals surface area contributed by atoms with Crippen molar-refractivity contribution in [2.75, 3.05) is 0 Å². The summed E-state index contributed by atoms with van der Waals surface area (Å²) in [5.74, 6) is 0.408. The summed E-state index contributed by atoms with van der Waals surface area (Å²) >= 11 is 5.86. The van der Waals surface area contributed by atoms with Crippen LogP contribution in [0.4, 0.5) is 13.2 Å². The highest BCUT2D eigenvalue weighted by molar-refractivity contribution is 6.30. The van der Waals surface area contributed by atoms with E-state index in [1.807, 2.05) is 0 Å². The van der Waals surface area contributed by atoms with Crippen LogP contribution in [0.25, 0.3) is 11.4 Å². The predicted octanol–water partition coefficient (Wildman–Crippen LogP) is 2.25. The number of aliphatic hydroxyl groups is 2. The molecule has 0 amide bonds. The normalized spacial score (nSPS) is 14.0. The molecule has 0 saturated heterocycles. The van der Waals surface area contributed by atoms with E-state index in [9.17, 15) is 28.2 Å². The van der Waals surface area contributed by atoms with Gasteiger partial charge in [-0.15, -0.1) is 0 Å². The summed E-state index contributed by atoms with van der Waals surface area (Å²) in [6.07, 6.45) is -8.51. The molecule has 8 nitrogen and oxygen atoms in total. The van der Waals surface area contributed by atoms with E-state index in [2.05, 4.69) is 20.2 Å². The standard InChI is InChI=1S/C18H17ClF3N5O3/c1-9(28)16-24-14(25-26-16)6-12-7-15(30)27(8-13(29)18(20,21)22)17(23-12)10-2-4-11(19)5-3-10/h2-5,7,9,13,28-29H,6,8H2,1H3,(H,24,25,26)/t9?,13-/m0/s1. The Bertz CT molecular complexity index is 1080. The van der Waals surface area contributed by atoms with E-state index < -0.39 is 30.5 Å². The third-order valence-electron chi connectivity index (χ3n) is 4.17. The first-order valence-electron chi connectivity index (χ1n) is 8.75. The van der Waals surface area contributed by atoms with Crippen LogP contribution < -0.4 is 5.56 Å². The van der Waals surface area contributed by atoms with Gasteiger partial charge < -0.3 is 10.2 Å². The van der Waals surface area contributed by atoms with Crippen LogP contribution in [0.15, 0.2) is 35.1 Å². The van der Waals surface area contributed by atoms with E-state index in [1.165, 1.54) is 31.2 Å². The lowest BCUT2D eigenvalue weighted by molar-refractivity contribution is -0.207. The van der Waals surface area contributed by atoms with Crippen molar-refractivity contribution in [3.63, 3.8) is 0 Å². The molecule has 0 spiro atoms. The lowest BCUT2D eigenvalue weighted by Gasteiger charge is -2.19. The molecule has 0 aliphatic carbocycles. The van der Waals surface area contributed by atoms with Gasteiger partial charge in [0, 0.05) is 23.1 Å². The summed E-state index contributed by atoms with van der Waals surface area (Å²) in [6, 6.07) is 7.08. The summed E-state index contributed by atoms with van der Waals surface area (Å²) in [4.78, 5) is 21.0. The number of hydrogen-bond donors (Lipinski definition) is 3. The van der Waals surface area contributed by atoms with Crippen molar-refractivity contribution in [1.29, 1.82) is 0 Å². The van der Waals surface area contributed by atoms with Crippen molar-refractivity contribution in [1.82, 2.24) is 24.7 Å². The Morgan fingerprint density at radius 1 is 1.20 bits per heavy atom. The number of nitrogens with one attached hydrogen (secondary N) is 1. The summed E-state index contributed by atoms with van der Waals surface area (Å²) < 4.78 is 39.3. The molecule has 0 bridgehead atoms. The van der Waals surface area contributed by atoms with Gasteiger partial charge >= 0.3 is 6.18 Å². The maximum atomic E-state index is 12.8. The number of aromatic amines is 1. The topological polar surface area (TPSA) is 117 Å². The molecule has 3 rings (SSSR count). The number of halogens is 4. The van der Waals surface area contributed by atoms with Crippen LogP contribution in [0.2, 0.25) is 5.02 Å². The van der Waals surface area contributed by atoms with Gasteiger partial charge in [-0.05, 0) is 31.2 Å². The summed E-state index contributed by atoms with van der Waals surface area (Å²) in [5, 5.41) is 25.8. The average Bonchev–Trinajstić information content (AvgIpc) is 3.12. The monoisotopic (exact) mass is 443 g/mol. The van der Waals surface area contributed by atoms with Crippen LogP contribution in [0.1, 0.15) is 30.4 Å². The molecular formula is C18H17ClF3N5O3. The van der Waals surface area contributed by atoms with Crippen molar-refractivity contribution in [2.45, 2.75) is 38.3 Å². The molecule has 2 atom stereocenters. The molecule has 0 aliphatic heterocycles. The molecule has 2 heterocycles. The minimum Gasteiger partial charge on any atom is -0.385 e. The van der Waals surface area contributed by atoms with Crippen LogP contribution in [0, 0.1) is 0 Å². The molecule has 160 valence electrons. The lowest BCUT2D eigenvalue weighted by atomic mass is 10.2. The highest BCUT2D eigenvalue weighted by Gasteiger charge is 2.39. The minimum absolute atomic E-state index is 0.0260. The Labute approximate surface area is 173 Å². The van der Waals surface area contributed by atoms with E-state index in [-0.39, 0.29) is 23.8 Å². The fourth-order valence-corrected chi connectivity index (χ4v) is 2.79. The molecule has 3 aromatic rings. The van der Waals surface area contributed by atoms with E-state index in [1.54, 1.807) is 0 Å². The molecule has 1 unspecified atom stereocenters. The number of H-pyrrole nitrogens is 1. The molecule has 0 radical (unpaired) electrons. The number of benzene rings is 1. The Morgan fingerprint density at radius 3 is 2.43 bits per heavy atom. The highest BCUT2D eigenvalue weighted by atomic mass is 35.5. The van der Waals surface area contributed by atoms with Gasteiger partial charge in [0.2, 0.25) is 0 Å². The van der Waals surface area contributed by atoms with Crippen molar-refractivity contribution in [3.05, 3.63) is 63.1 Å². The first-order chi connectivity index (χ1) is 14.0. The molecule has 0 fully saturated rings. The van der Waals surface area contributed by atoms with Crippen LogP contribution in [0.5, 0.6) is 0 Å². The van der Waals surface area contributed by atoms with Crippen LogP contribution in [-0.4, -0.2) is 47.2 Å². The maximum absolute atomic E-state index is 12.8. The second kappa shape index (κ2) is 8.54. The fourth-order valence-electron chi connectivity index (χ4n) is 2.66. The molecule has 2 aromatic heterocycles. The maximum Gasteiger partial charge on any atom is 0.416 e. The Kier molecular flexibility index (Phi) is 6.25. The van der Waals surface area contributed by atoms with Gasteiger partial charge in [-0.3, -0.25) is 14.5 Å². The zero-order valence-corrected chi connectivity index (χ0v) is 16.3. The van der Waals surface area contributed by atoms with Crippen molar-refractivity contribution >= 4 is 11.6 Å². The highest BCUT2D eigenvalue weighted by Crippen LogP contribution is 2.24. The largest absolute Gasteiger partial charge is 0.416 e. The van der Waals surface area contributed by atoms with Crippen molar-refractivity contribution in [3.8, 4) is 11.4 Å². The summed E-state index contributed by atoms with van der Waals surface area (Å²) in [5.41, 5.74) is -0.213. The van der Waals surface area contributed by atoms with Crippen LogP contribution in [-0.2, 0) is 13.0 Å². The quantitative estimate of drug-likeness (QED) is 0.538. The van der Waals surface area contributed by atoms with Crippen LogP contribution in [0.3, 0.4) is 0 Å². The second-order valence-electron chi connectivity index (χ2n) is 6.58. The number of alkyl halides is 3. The summed E-state index contributed by atoms with van der Waals surface area (Å²) in [6.45, 7) is 0.471. The van der Waals surface area contributed by atoms with Gasteiger partial charge in [-0.1, -0.05) is 11.6 Å². The van der Waals surface area contributed by atoms with Crippen LogP contribution >= 0.6 is 11.6 Å². The average molecular weight is 444 g/mol. The van der Waals surface area contributed by atoms with Gasteiger partial charge in [0.05, 0.1) is 12.2 Å². The SMILES string of the molecule is CC(O)c1n[nH]c(Cc2cc(=O)n(C[C@H](O)C(F)(F)F)c(-c3ccc(Cl)cc3)n2)n1. The van der Waals surface area contributed by atoms with Gasteiger partial charge in [0.25, 0.3) is 5.56 Å². The number of hydrogen-bond acceptors (Lipinski definition) is 6. The van der Waals surface area contributed by atoms with E-state index in [4.69, 9.17) is 11.6 Å². The zero-order chi connectivity index (χ0) is 22.1. The van der Waals surface area contributed by atoms with Gasteiger partial charge in [-0.25, -0.2) is 9.97 Å². The third-order valence-corrected chi connectivity index (χ3v) is 4.42. The number of aliphatic hydroxyl groups excluding tert-OH is 2. The molecule has 3 N–H and O–H groups in total. The first-order valence-corrected chi connectivity index (χ1v) is 9.13. The minimum atomic E-state index is -4.90. The molecule has 0 saturated carbocycles. The molecule has 12 heteroatoms. The van der Waals surface area contributed by atoms with Gasteiger partial charge in [0.1, 0.15) is 17.8 Å². The lowest BCUT2D eigenvalue weighted by Crippen LogP contribution is -2.37. The Hall–Kier alpha value is -2.76. The number of nitrogens with zero attached hydrogens (tertiary/aromatic N) is 4. The smallest absolute Gasteiger partial charge is 0.385 e. The van der Waals surface area contributed by atoms with E-state index in [0.29, 0.717) is 16.4 Å². The van der Waals surface area contributed by atoms with E-state index in [0.717, 1.165) is 10.6 Å². The summed E-state index contributed by atoms with van der Waals surface area (Å²) in [7, 11) is 0. The molecule has 0 aliphatic rings. The molecule has 30 heavy (non-hydrogen) atoms. The van der Waals surface area contributed by atoms with Gasteiger partial charge in [-0.2, -0.15) is 18.3 Å². The predicted molar refractivity (Wildman–Crippen MR) is 101 cm³/mol. The molecular weight excluding hydrogens is 427 g/mol. The first kappa shape index (κ1) is 21.9. The Morgan fingerprint density at radius 2 is 1.87 bits per heavy atom. The van der Waals surface area contributed by atoms with E-state index >= 15 is 0 Å². The van der Waals surface area contributed by atoms with Gasteiger partial charge in [0.15, 0.2) is 11.9 Å². The fraction of sp³-hybridized carbons (Fsp3) is 0.333.